The van der Waals surface area contributed by atoms with Crippen LogP contribution in [0.1, 0.15) is 0 Å². The minimum atomic E-state index is -0.0156. The minimum Gasteiger partial charge on any atom is -0.455 e. The van der Waals surface area contributed by atoms with Crippen LogP contribution in [0.15, 0.2) is 114 Å². The zero-order chi connectivity index (χ0) is 24.5. The van der Waals surface area contributed by atoms with Gasteiger partial charge in [-0.2, -0.15) is 0 Å². The number of hydrogen-bond donors (Lipinski definition) is 0. The third kappa shape index (κ3) is 2.12. The number of para-hydroxylation sites is 5. The number of nitrogens with zero attached hydrogens (tertiary/aromatic N) is 4. The van der Waals surface area contributed by atoms with E-state index in [2.05, 4.69) is 111 Å². The van der Waals surface area contributed by atoms with Crippen LogP contribution < -0.4 is 21.4 Å². The van der Waals surface area contributed by atoms with E-state index in [0.29, 0.717) is 0 Å². The standard InChI is InChI=1S/C31H18B2N4O/c1-6-18-28-19(9-1)20-10-7-11-21(30(20)38-28)31-34-25-15-8-14-24-29(25)35(31)33-23-13-3-5-17-27(23)36-26-16-4-2-12-22(26)32(24)37(33)36/h1-18H. The van der Waals surface area contributed by atoms with Gasteiger partial charge in [-0.1, -0.05) is 78.9 Å². The number of furan rings is 1. The summed E-state index contributed by atoms with van der Waals surface area (Å²) < 4.78 is 8.94. The summed E-state index contributed by atoms with van der Waals surface area (Å²) in [6.07, 6.45) is 0. The average Bonchev–Trinajstić information content (AvgIpc) is 3.71. The van der Waals surface area contributed by atoms with Gasteiger partial charge in [0.25, 0.3) is 0 Å². The highest BCUT2D eigenvalue weighted by atomic mass is 16.3. The Morgan fingerprint density at radius 3 is 2.26 bits per heavy atom. The van der Waals surface area contributed by atoms with Crippen molar-refractivity contribution < 1.29 is 4.42 Å². The molecule has 10 rings (SSSR count). The summed E-state index contributed by atoms with van der Waals surface area (Å²) in [5.41, 5.74) is 11.4. The maximum absolute atomic E-state index is 6.49. The van der Waals surface area contributed by atoms with Crippen LogP contribution in [0.2, 0.25) is 0 Å². The lowest BCUT2D eigenvalue weighted by Crippen LogP contribution is -2.66. The van der Waals surface area contributed by atoms with Gasteiger partial charge < -0.3 is 8.90 Å². The van der Waals surface area contributed by atoms with Crippen molar-refractivity contribution in [2.45, 2.75) is 0 Å². The molecule has 0 saturated heterocycles. The molecule has 0 radical (unpaired) electrons. The third-order valence-corrected chi connectivity index (χ3v) is 8.57. The number of hydrogen-bond acceptors (Lipinski definition) is 4. The highest BCUT2D eigenvalue weighted by Crippen LogP contribution is 2.43. The Balaban J connectivity index is 1.35. The molecule has 0 aliphatic carbocycles. The number of benzene rings is 5. The van der Waals surface area contributed by atoms with E-state index in [0.717, 1.165) is 38.8 Å². The first-order chi connectivity index (χ1) is 18.9. The van der Waals surface area contributed by atoms with Crippen LogP contribution >= 0.6 is 0 Å². The lowest BCUT2D eigenvalue weighted by atomic mass is 9.43. The normalized spacial score (nSPS) is 15.1. The third-order valence-electron chi connectivity index (χ3n) is 8.57. The molecular formula is C31H18B2N4O. The van der Waals surface area contributed by atoms with Gasteiger partial charge in [0.15, 0.2) is 0 Å². The highest BCUT2D eigenvalue weighted by Gasteiger charge is 2.57. The van der Waals surface area contributed by atoms with Crippen LogP contribution in [0.4, 0.5) is 11.4 Å². The van der Waals surface area contributed by atoms with E-state index in [1.165, 1.54) is 33.3 Å². The van der Waals surface area contributed by atoms with Crippen LogP contribution in [0, 0.1) is 0 Å². The van der Waals surface area contributed by atoms with Crippen molar-refractivity contribution in [1.29, 1.82) is 0 Å². The zero-order valence-electron chi connectivity index (χ0n) is 20.2. The highest BCUT2D eigenvalue weighted by molar-refractivity contribution is 6.98. The van der Waals surface area contributed by atoms with Gasteiger partial charge in [-0.25, -0.2) is 4.98 Å². The number of anilines is 2. The number of hydrazine groups is 1. The maximum atomic E-state index is 6.49. The molecule has 174 valence electrons. The summed E-state index contributed by atoms with van der Waals surface area (Å²) in [6.45, 7) is 0.115. The fraction of sp³-hybridized carbons (Fsp3) is 0. The van der Waals surface area contributed by atoms with E-state index < -0.39 is 0 Å². The summed E-state index contributed by atoms with van der Waals surface area (Å²) in [7, 11) is 0. The molecule has 0 saturated carbocycles. The Morgan fingerprint density at radius 1 is 0.632 bits per heavy atom. The smallest absolute Gasteiger partial charge is 0.395 e. The predicted molar refractivity (Wildman–Crippen MR) is 155 cm³/mol. The minimum absolute atomic E-state index is 0.0156. The number of aromatic nitrogens is 2. The monoisotopic (exact) mass is 484 g/mol. The average molecular weight is 484 g/mol. The molecule has 7 heteroatoms. The van der Waals surface area contributed by atoms with E-state index in [9.17, 15) is 0 Å². The molecule has 0 N–H and O–H groups in total. The first-order valence-corrected chi connectivity index (χ1v) is 13.1. The first-order valence-electron chi connectivity index (χ1n) is 13.1. The number of fused-ring (bicyclic) bond motifs is 11. The van der Waals surface area contributed by atoms with E-state index in [1.54, 1.807) is 0 Å². The van der Waals surface area contributed by atoms with E-state index in [4.69, 9.17) is 9.40 Å². The molecule has 0 unspecified atom stereocenters. The molecule has 0 atom stereocenters. The second kappa shape index (κ2) is 6.57. The molecule has 5 aromatic carbocycles. The van der Waals surface area contributed by atoms with Crippen LogP contribution in [0.3, 0.4) is 0 Å². The Morgan fingerprint density at radius 2 is 1.34 bits per heavy atom. The molecule has 0 amide bonds. The van der Waals surface area contributed by atoms with Crippen molar-refractivity contribution in [3.63, 3.8) is 0 Å². The molecule has 5 heterocycles. The Kier molecular flexibility index (Phi) is 3.35. The second-order valence-electron chi connectivity index (χ2n) is 10.4. The fourth-order valence-corrected chi connectivity index (χ4v) is 7.15. The fourth-order valence-electron chi connectivity index (χ4n) is 7.15. The van der Waals surface area contributed by atoms with Gasteiger partial charge in [0.05, 0.1) is 28.0 Å². The quantitative estimate of drug-likeness (QED) is 0.318. The van der Waals surface area contributed by atoms with Gasteiger partial charge >= 0.3 is 13.8 Å². The van der Waals surface area contributed by atoms with E-state index in [1.807, 2.05) is 12.1 Å². The van der Waals surface area contributed by atoms with Crippen molar-refractivity contribution in [2.75, 3.05) is 5.01 Å². The molecule has 38 heavy (non-hydrogen) atoms. The summed E-state index contributed by atoms with van der Waals surface area (Å²) in [5.74, 6) is 0.938. The van der Waals surface area contributed by atoms with Crippen LogP contribution in [0.25, 0.3) is 44.4 Å². The molecule has 0 spiro atoms. The Bertz CT molecular complexity index is 2150. The van der Waals surface area contributed by atoms with E-state index in [-0.39, 0.29) is 13.8 Å². The Labute approximate surface area is 218 Å². The lowest BCUT2D eigenvalue weighted by molar-refractivity contribution is 0.669. The summed E-state index contributed by atoms with van der Waals surface area (Å²) in [5, 5.41) is 4.67. The van der Waals surface area contributed by atoms with Crippen molar-refractivity contribution >= 4 is 74.6 Å². The lowest BCUT2D eigenvalue weighted by Gasteiger charge is -2.35. The first kappa shape index (κ1) is 19.4. The molecule has 2 aromatic heterocycles. The van der Waals surface area contributed by atoms with Crippen LogP contribution in [-0.2, 0) is 0 Å². The van der Waals surface area contributed by atoms with Gasteiger partial charge in [-0.15, -0.1) is 0 Å². The van der Waals surface area contributed by atoms with Crippen LogP contribution in [0.5, 0.6) is 0 Å². The van der Waals surface area contributed by atoms with Crippen molar-refractivity contribution in [3.05, 3.63) is 109 Å². The molecule has 3 aliphatic rings. The molecule has 5 nitrogen and oxygen atoms in total. The predicted octanol–water partition coefficient (Wildman–Crippen LogP) is 4.65. The SMILES string of the molecule is c1ccc2c(c1)B1c3cccc4nc(-c5cccc6c5oc5ccccc56)n(c34)B3c4ccccc4N2N13. The topological polar surface area (TPSA) is 37.4 Å². The van der Waals surface area contributed by atoms with Crippen molar-refractivity contribution in [2.24, 2.45) is 0 Å². The molecular weight excluding hydrogens is 466 g/mol. The molecule has 0 bridgehead atoms. The van der Waals surface area contributed by atoms with Crippen LogP contribution in [-0.4, -0.2) is 28.1 Å². The maximum Gasteiger partial charge on any atom is 0.395 e. The molecule has 7 aromatic rings. The molecule has 0 fully saturated rings. The van der Waals surface area contributed by atoms with Gasteiger partial charge in [-0.3, -0.25) is 9.84 Å². The Hall–Kier alpha value is -4.74. The summed E-state index contributed by atoms with van der Waals surface area (Å²) in [6, 6.07) is 38.9. The van der Waals surface area contributed by atoms with Gasteiger partial charge in [0.2, 0.25) is 0 Å². The van der Waals surface area contributed by atoms with Gasteiger partial charge in [-0.05, 0) is 46.7 Å². The molecule has 3 aliphatic heterocycles. The van der Waals surface area contributed by atoms with Crippen molar-refractivity contribution in [3.8, 4) is 11.4 Å². The summed E-state index contributed by atoms with van der Waals surface area (Å²) >= 11 is 0. The largest absolute Gasteiger partial charge is 0.455 e. The second-order valence-corrected chi connectivity index (χ2v) is 10.4. The van der Waals surface area contributed by atoms with Gasteiger partial charge in [0.1, 0.15) is 17.0 Å². The summed E-state index contributed by atoms with van der Waals surface area (Å²) in [4.78, 5) is 7.85. The van der Waals surface area contributed by atoms with Gasteiger partial charge in [0, 0.05) is 10.8 Å². The van der Waals surface area contributed by atoms with E-state index >= 15 is 0 Å². The zero-order valence-corrected chi connectivity index (χ0v) is 20.2. The number of imidazole rings is 1. The number of rotatable bonds is 1. The van der Waals surface area contributed by atoms with Crippen molar-refractivity contribution in [1.82, 2.24) is 14.3 Å².